The van der Waals surface area contributed by atoms with Crippen molar-refractivity contribution in [3.63, 3.8) is 0 Å². The standard InChI is InChI=1S/C29H44O11/c1-26-10-19(33)24-16(29(26,37)6-4-15(26)14-7-22(34)38-13-14)3-5-28(36)11-20(18(32)9-27(24,28)2)39-23-8-17(31)25(35)21(12-30)40-23/h7,15-21,23-25,30-33,35-37H,3-6,8-13H2,1-2H3/t15-,16-,17+,18-,19-,20-,21-,23-,24-,25+,26-,27-,28+,29+/m1/s1. The van der Waals surface area contributed by atoms with Crippen LogP contribution in [0.2, 0.25) is 0 Å². The highest BCUT2D eigenvalue weighted by Gasteiger charge is 2.73. The molecule has 1 saturated heterocycles. The average molecular weight is 569 g/mol. The van der Waals surface area contributed by atoms with E-state index in [1.54, 1.807) is 0 Å². The average Bonchev–Trinajstić information content (AvgIpc) is 3.42. The van der Waals surface area contributed by atoms with Gasteiger partial charge in [0.2, 0.25) is 0 Å². The fourth-order valence-corrected chi connectivity index (χ4v) is 9.97. The maximum absolute atomic E-state index is 12.4. The topological polar surface area (TPSA) is 186 Å². The van der Waals surface area contributed by atoms with Gasteiger partial charge in [0.15, 0.2) is 6.29 Å². The number of hydrogen-bond donors (Lipinski definition) is 7. The number of hydrogen-bond acceptors (Lipinski definition) is 11. The van der Waals surface area contributed by atoms with Crippen molar-refractivity contribution in [1.82, 2.24) is 0 Å². The number of carbonyl (C=O) groups is 1. The third-order valence-corrected chi connectivity index (χ3v) is 12.1. The summed E-state index contributed by atoms with van der Waals surface area (Å²) < 4.78 is 16.8. The van der Waals surface area contributed by atoms with Gasteiger partial charge in [-0.2, -0.15) is 0 Å². The van der Waals surface area contributed by atoms with Crippen LogP contribution in [0.4, 0.5) is 0 Å². The van der Waals surface area contributed by atoms with Crippen LogP contribution < -0.4 is 0 Å². The summed E-state index contributed by atoms with van der Waals surface area (Å²) in [6.45, 7) is 3.61. The van der Waals surface area contributed by atoms with Crippen molar-refractivity contribution in [2.75, 3.05) is 13.2 Å². The SMILES string of the molecule is C[C@]12C[C@@H](O)[C@H](O[C@H]3C[C@H](O)[C@H](O)[C@@H](CO)O3)C[C@@]1(O)CC[C@@H]1[C@@H]2[C@H](O)C[C@]2(C)[C@@H](C3=CC(=O)OC3)CC[C@]12O. The summed E-state index contributed by atoms with van der Waals surface area (Å²) in [5.41, 5.74) is -3.11. The van der Waals surface area contributed by atoms with Gasteiger partial charge in [0.25, 0.3) is 0 Å². The smallest absolute Gasteiger partial charge is 0.331 e. The van der Waals surface area contributed by atoms with Crippen LogP contribution in [-0.4, -0.2) is 109 Å². The van der Waals surface area contributed by atoms with Crippen LogP contribution in [-0.2, 0) is 19.0 Å². The van der Waals surface area contributed by atoms with Gasteiger partial charge in [-0.1, -0.05) is 13.8 Å². The molecule has 0 spiro atoms. The van der Waals surface area contributed by atoms with Crippen molar-refractivity contribution in [2.45, 2.75) is 119 Å². The Hall–Kier alpha value is -1.15. The fraction of sp³-hybridized carbons (Fsp3) is 0.897. The summed E-state index contributed by atoms with van der Waals surface area (Å²) in [5.74, 6) is -1.23. The van der Waals surface area contributed by atoms with Crippen molar-refractivity contribution < 1.29 is 54.8 Å². The normalized spacial score (nSPS) is 56.1. The number of aliphatic hydroxyl groups is 7. The zero-order chi connectivity index (χ0) is 28.8. The van der Waals surface area contributed by atoms with E-state index in [4.69, 9.17) is 14.2 Å². The Kier molecular flexibility index (Phi) is 7.01. The first-order chi connectivity index (χ1) is 18.8. The molecule has 0 amide bonds. The van der Waals surface area contributed by atoms with Gasteiger partial charge < -0.3 is 50.0 Å². The second-order valence-electron chi connectivity index (χ2n) is 13.9. The predicted molar refractivity (Wildman–Crippen MR) is 137 cm³/mol. The molecule has 11 heteroatoms. The minimum absolute atomic E-state index is 0.0418. The molecule has 14 atom stereocenters. The number of cyclic esters (lactones) is 1. The van der Waals surface area contributed by atoms with Gasteiger partial charge in [0.05, 0.1) is 42.2 Å². The molecule has 4 aliphatic carbocycles. The molecule has 6 aliphatic rings. The van der Waals surface area contributed by atoms with Crippen molar-refractivity contribution in [3.05, 3.63) is 11.6 Å². The zero-order valence-corrected chi connectivity index (χ0v) is 23.2. The van der Waals surface area contributed by atoms with Crippen LogP contribution in [0, 0.1) is 28.6 Å². The van der Waals surface area contributed by atoms with Gasteiger partial charge >= 0.3 is 5.97 Å². The Morgan fingerprint density at radius 2 is 1.70 bits per heavy atom. The van der Waals surface area contributed by atoms with Gasteiger partial charge in [-0.25, -0.2) is 4.79 Å². The van der Waals surface area contributed by atoms with E-state index in [0.29, 0.717) is 32.1 Å². The van der Waals surface area contributed by atoms with Crippen molar-refractivity contribution >= 4 is 5.97 Å². The van der Waals surface area contributed by atoms with Crippen LogP contribution in [0.1, 0.15) is 65.2 Å². The molecule has 11 nitrogen and oxygen atoms in total. The maximum atomic E-state index is 12.4. The molecule has 5 fully saturated rings. The summed E-state index contributed by atoms with van der Waals surface area (Å²) in [6, 6.07) is 0. The Morgan fingerprint density at radius 1 is 0.975 bits per heavy atom. The van der Waals surface area contributed by atoms with E-state index >= 15 is 0 Å². The lowest BCUT2D eigenvalue weighted by molar-refractivity contribution is -0.318. The monoisotopic (exact) mass is 568 g/mol. The molecular formula is C29H44O11. The first kappa shape index (κ1) is 28.9. The maximum Gasteiger partial charge on any atom is 0.331 e. The number of carbonyl (C=O) groups excluding carboxylic acids is 1. The minimum Gasteiger partial charge on any atom is -0.458 e. The van der Waals surface area contributed by atoms with E-state index in [0.717, 1.165) is 5.57 Å². The number of rotatable bonds is 4. The molecule has 7 N–H and O–H groups in total. The van der Waals surface area contributed by atoms with Gasteiger partial charge in [0, 0.05) is 29.7 Å². The van der Waals surface area contributed by atoms with Crippen LogP contribution in [0.15, 0.2) is 11.6 Å². The largest absolute Gasteiger partial charge is 0.458 e. The molecule has 2 heterocycles. The molecule has 226 valence electrons. The lowest BCUT2D eigenvalue weighted by Crippen LogP contribution is -2.72. The highest BCUT2D eigenvalue weighted by atomic mass is 16.7. The molecule has 6 rings (SSSR count). The first-order valence-corrected chi connectivity index (χ1v) is 14.7. The fourth-order valence-electron chi connectivity index (χ4n) is 9.97. The summed E-state index contributed by atoms with van der Waals surface area (Å²) >= 11 is 0. The van der Waals surface area contributed by atoms with Crippen molar-refractivity contribution in [3.8, 4) is 0 Å². The Bertz CT molecular complexity index is 1050. The quantitative estimate of drug-likeness (QED) is 0.171. The summed E-state index contributed by atoms with van der Waals surface area (Å²) in [4.78, 5) is 11.8. The third kappa shape index (κ3) is 4.00. The number of ether oxygens (including phenoxy) is 3. The Labute approximate surface area is 233 Å². The minimum atomic E-state index is -1.29. The summed E-state index contributed by atoms with van der Waals surface area (Å²) in [7, 11) is 0. The van der Waals surface area contributed by atoms with Gasteiger partial charge in [0.1, 0.15) is 18.8 Å². The molecule has 0 aromatic carbocycles. The third-order valence-electron chi connectivity index (χ3n) is 12.1. The van der Waals surface area contributed by atoms with Crippen LogP contribution in [0.3, 0.4) is 0 Å². The number of fused-ring (bicyclic) bond motifs is 5. The lowest BCUT2D eigenvalue weighted by Gasteiger charge is -2.67. The zero-order valence-electron chi connectivity index (χ0n) is 23.2. The molecule has 0 aromatic rings. The predicted octanol–water partition coefficient (Wildman–Crippen LogP) is -0.486. The first-order valence-electron chi connectivity index (χ1n) is 14.7. The van der Waals surface area contributed by atoms with Gasteiger partial charge in [-0.3, -0.25) is 0 Å². The van der Waals surface area contributed by atoms with E-state index in [-0.39, 0.29) is 43.7 Å². The van der Waals surface area contributed by atoms with Gasteiger partial charge in [-0.05, 0) is 61.9 Å². The second kappa shape index (κ2) is 9.68. The van der Waals surface area contributed by atoms with Gasteiger partial charge in [-0.15, -0.1) is 0 Å². The van der Waals surface area contributed by atoms with Crippen molar-refractivity contribution in [1.29, 1.82) is 0 Å². The number of aliphatic hydroxyl groups excluding tert-OH is 5. The van der Waals surface area contributed by atoms with E-state index in [1.807, 2.05) is 13.8 Å². The molecule has 2 aliphatic heterocycles. The molecular weight excluding hydrogens is 524 g/mol. The summed E-state index contributed by atoms with van der Waals surface area (Å²) in [5, 5.41) is 77.3. The summed E-state index contributed by atoms with van der Waals surface area (Å²) in [6.07, 6.45) is -3.02. The molecule has 40 heavy (non-hydrogen) atoms. The van der Waals surface area contributed by atoms with Crippen molar-refractivity contribution in [2.24, 2.45) is 28.6 Å². The molecule has 0 radical (unpaired) electrons. The lowest BCUT2D eigenvalue weighted by atomic mass is 9.41. The Morgan fingerprint density at radius 3 is 2.38 bits per heavy atom. The highest BCUT2D eigenvalue weighted by molar-refractivity contribution is 5.85. The Balaban J connectivity index is 1.24. The molecule has 0 bridgehead atoms. The molecule has 0 unspecified atom stereocenters. The second-order valence-corrected chi connectivity index (χ2v) is 13.9. The highest BCUT2D eigenvalue weighted by Crippen LogP contribution is 2.70. The van der Waals surface area contributed by atoms with Crippen LogP contribution >= 0.6 is 0 Å². The van der Waals surface area contributed by atoms with Crippen LogP contribution in [0.5, 0.6) is 0 Å². The molecule has 4 saturated carbocycles. The van der Waals surface area contributed by atoms with E-state index in [9.17, 15) is 40.5 Å². The van der Waals surface area contributed by atoms with E-state index in [2.05, 4.69) is 0 Å². The van der Waals surface area contributed by atoms with E-state index < -0.39 is 77.5 Å². The molecule has 0 aromatic heterocycles. The number of esters is 1. The van der Waals surface area contributed by atoms with Crippen LogP contribution in [0.25, 0.3) is 0 Å². The van der Waals surface area contributed by atoms with E-state index in [1.165, 1.54) is 6.08 Å².